The van der Waals surface area contributed by atoms with E-state index in [1.54, 1.807) is 18.5 Å². The molecule has 1 aliphatic heterocycles. The Bertz CT molecular complexity index is 1730. The highest BCUT2D eigenvalue weighted by Gasteiger charge is 2.25. The molecule has 8 heteroatoms. The van der Waals surface area contributed by atoms with Gasteiger partial charge in [-0.05, 0) is 55.3 Å². The second kappa shape index (κ2) is 10.3. The summed E-state index contributed by atoms with van der Waals surface area (Å²) in [6, 6.07) is 16.0. The van der Waals surface area contributed by atoms with Crippen LogP contribution in [0.2, 0.25) is 0 Å². The molecule has 8 nitrogen and oxygen atoms in total. The largest absolute Gasteiger partial charge is 0.368 e. The molecule has 0 atom stereocenters. The van der Waals surface area contributed by atoms with Gasteiger partial charge in [0.25, 0.3) is 11.7 Å². The molecule has 1 saturated heterocycles. The van der Waals surface area contributed by atoms with Crippen LogP contribution in [0.15, 0.2) is 73.1 Å². The van der Waals surface area contributed by atoms with Crippen LogP contribution in [0.25, 0.3) is 11.1 Å². The number of Topliss-reactive ketones (excluding diaryl/α,β-unsaturated/α-hetero) is 1. The minimum atomic E-state index is -3.17. The van der Waals surface area contributed by atoms with Gasteiger partial charge >= 0.3 is 0 Å². The van der Waals surface area contributed by atoms with Crippen LogP contribution < -0.4 is 15.1 Å². The second-order valence-electron chi connectivity index (χ2n) is 8.48. The zero-order valence-electron chi connectivity index (χ0n) is 28.5. The van der Waals surface area contributed by atoms with Crippen molar-refractivity contribution < 1.29 is 20.6 Å². The van der Waals surface area contributed by atoms with Crippen LogP contribution >= 0.6 is 0 Å². The van der Waals surface area contributed by atoms with E-state index >= 15 is 0 Å². The van der Waals surface area contributed by atoms with Gasteiger partial charge in [-0.3, -0.25) is 9.59 Å². The molecule has 1 N–H and O–H groups in total. The van der Waals surface area contributed by atoms with E-state index in [9.17, 15) is 9.59 Å². The van der Waals surface area contributed by atoms with Crippen LogP contribution in [-0.4, -0.2) is 52.2 Å². The van der Waals surface area contributed by atoms with Gasteiger partial charge in [0.2, 0.25) is 5.95 Å². The fourth-order valence-corrected chi connectivity index (χ4v) is 3.82. The Hall–Kier alpha value is -4.46. The summed E-state index contributed by atoms with van der Waals surface area (Å²) in [4.78, 5) is 35.0. The van der Waals surface area contributed by atoms with Crippen molar-refractivity contribution in [2.75, 3.05) is 41.1 Å². The number of nitrogens with zero attached hydrogens (tertiary/aromatic N) is 5. The first kappa shape index (κ1) is 16.3. The smallest absolute Gasteiger partial charge is 0.298 e. The van der Waals surface area contributed by atoms with E-state index in [1.165, 1.54) is 36.7 Å². The summed E-state index contributed by atoms with van der Waals surface area (Å²) in [5.74, 6) is -2.25. The maximum atomic E-state index is 13.3. The predicted octanol–water partition coefficient (Wildman–Crippen LogP) is 4.25. The Balaban J connectivity index is 1.44. The van der Waals surface area contributed by atoms with Gasteiger partial charge in [0.05, 0.1) is 11.0 Å². The lowest BCUT2D eigenvalue weighted by Gasteiger charge is -2.36. The summed E-state index contributed by atoms with van der Waals surface area (Å²) in [6.07, 6.45) is 2.59. The van der Waals surface area contributed by atoms with E-state index in [2.05, 4.69) is 15.3 Å². The number of aromatic nitrogens is 3. The van der Waals surface area contributed by atoms with Crippen LogP contribution in [0.3, 0.4) is 0 Å². The van der Waals surface area contributed by atoms with Crippen molar-refractivity contribution in [2.24, 2.45) is 7.05 Å². The van der Waals surface area contributed by atoms with Crippen LogP contribution in [-0.2, 0) is 11.8 Å². The van der Waals surface area contributed by atoms with Crippen LogP contribution in [0, 0.1) is 13.8 Å². The molecule has 0 radical (unpaired) electrons. The molecule has 1 fully saturated rings. The van der Waals surface area contributed by atoms with E-state index in [-0.39, 0.29) is 22.0 Å². The van der Waals surface area contributed by atoms with Gasteiger partial charge in [-0.15, -0.1) is 0 Å². The van der Waals surface area contributed by atoms with E-state index in [4.69, 9.17) is 11.0 Å². The number of aryl methyl sites for hydroxylation is 2. The molecular weight excluding hydrogens is 464 g/mol. The third kappa shape index (κ3) is 5.09. The third-order valence-corrected chi connectivity index (χ3v) is 5.88. The number of carbonyl (C=O) groups excluding carboxylic acids is 2. The van der Waals surface area contributed by atoms with Crippen LogP contribution in [0.5, 0.6) is 0 Å². The number of rotatable bonds is 6. The molecule has 0 bridgehead atoms. The molecule has 0 aliphatic carbocycles. The molecule has 4 aromatic rings. The van der Waals surface area contributed by atoms with Gasteiger partial charge in [0.1, 0.15) is 5.69 Å². The van der Waals surface area contributed by atoms with E-state index in [1.807, 2.05) is 43.3 Å². The van der Waals surface area contributed by atoms with Crippen molar-refractivity contribution in [3.63, 3.8) is 0 Å². The first-order valence-electron chi connectivity index (χ1n) is 15.5. The minimum Gasteiger partial charge on any atom is -0.368 e. The van der Waals surface area contributed by atoms with Gasteiger partial charge in [0.15, 0.2) is 0 Å². The highest BCUT2D eigenvalue weighted by molar-refractivity contribution is 6.47. The predicted molar refractivity (Wildman–Crippen MR) is 146 cm³/mol. The summed E-state index contributed by atoms with van der Waals surface area (Å²) in [6.45, 7) is -9.17. The number of piperazine rings is 1. The number of nitrogens with one attached hydrogen (secondary N) is 1. The molecule has 2 aromatic carbocycles. The normalized spacial score (nSPS) is 22.1. The summed E-state index contributed by atoms with van der Waals surface area (Å²) in [7, 11) is 1.68. The molecule has 1 aliphatic rings. The number of anilines is 3. The summed E-state index contributed by atoms with van der Waals surface area (Å²) >= 11 is 0. The van der Waals surface area contributed by atoms with Gasteiger partial charge in [-0.1, -0.05) is 30.3 Å². The van der Waals surface area contributed by atoms with Crippen molar-refractivity contribution in [2.45, 2.75) is 13.8 Å². The molecule has 37 heavy (non-hydrogen) atoms. The molecule has 1 amide bonds. The first-order valence-corrected chi connectivity index (χ1v) is 11.5. The lowest BCUT2D eigenvalue weighted by Crippen LogP contribution is -2.47. The monoisotopic (exact) mass is 502 g/mol. The Morgan fingerprint density at radius 3 is 2.16 bits per heavy atom. The highest BCUT2D eigenvalue weighted by Crippen LogP contribution is 2.28. The Labute approximate surface area is 227 Å². The maximum Gasteiger partial charge on any atom is 0.298 e. The maximum absolute atomic E-state index is 13.3. The van der Waals surface area contributed by atoms with Gasteiger partial charge in [-0.25, -0.2) is 9.97 Å². The minimum absolute atomic E-state index is 0.128. The number of hydrogen-bond donors (Lipinski definition) is 1. The lowest BCUT2D eigenvalue weighted by atomic mass is 10.0. The molecule has 2 aromatic heterocycles. The summed E-state index contributed by atoms with van der Waals surface area (Å²) in [5, 5.41) is 2.51. The van der Waals surface area contributed by atoms with Crippen molar-refractivity contribution in [1.29, 1.82) is 0 Å². The average Bonchev–Trinajstić information content (AvgIpc) is 3.27. The van der Waals surface area contributed by atoms with Crippen LogP contribution in [0.4, 0.5) is 17.3 Å². The standard InChI is InChI=1S/C29H30N6O2/c1-20-18-30-29(31-19-20)35-15-13-34(14-16-35)24-11-9-23(10-12-24)32-28(37)27(36)26-25(17-21(2)33(26)3)22-7-5-4-6-8-22/h4-12,17-19H,13-16H2,1-3H3,(H,32,37)/i13D2,14D2,15D2,16D2. The average molecular weight is 503 g/mol. The van der Waals surface area contributed by atoms with E-state index in [0.29, 0.717) is 16.0 Å². The quantitative estimate of drug-likeness (QED) is 0.314. The van der Waals surface area contributed by atoms with Crippen LogP contribution in [0.1, 0.15) is 32.7 Å². The van der Waals surface area contributed by atoms with Crippen molar-refractivity contribution in [1.82, 2.24) is 14.5 Å². The summed E-state index contributed by atoms with van der Waals surface area (Å²) in [5.41, 5.74) is 2.82. The zero-order valence-corrected chi connectivity index (χ0v) is 20.5. The van der Waals surface area contributed by atoms with Crippen molar-refractivity contribution in [3.05, 3.63) is 90.0 Å². The number of carbonyl (C=O) groups is 2. The Morgan fingerprint density at radius 1 is 0.892 bits per heavy atom. The molecular formula is C29H30N6O2. The van der Waals surface area contributed by atoms with E-state index < -0.39 is 43.6 Å². The summed E-state index contributed by atoms with van der Waals surface area (Å²) < 4.78 is 71.0. The third-order valence-electron chi connectivity index (χ3n) is 5.88. The van der Waals surface area contributed by atoms with Gasteiger partial charge < -0.3 is 19.7 Å². The van der Waals surface area contributed by atoms with E-state index in [0.717, 1.165) is 11.3 Å². The van der Waals surface area contributed by atoms with Crippen molar-refractivity contribution >= 4 is 29.0 Å². The fourth-order valence-electron chi connectivity index (χ4n) is 3.82. The number of hydrogen-bond acceptors (Lipinski definition) is 6. The lowest BCUT2D eigenvalue weighted by molar-refractivity contribution is -0.112. The van der Waals surface area contributed by atoms with Gasteiger partial charge in [0, 0.05) is 68.1 Å². The SMILES string of the molecule is [2H]C1([2H])N(c2ccc(NC(=O)C(=O)c3c(-c4ccccc4)cc(C)n3C)cc2)C([2H])([2H])C([2H])([2H])N(c2ncc(C)cn2)C1([2H])[2H]. The number of amides is 1. The Kier molecular flexibility index (Phi) is 4.53. The highest BCUT2D eigenvalue weighted by atomic mass is 16.2. The zero-order chi connectivity index (χ0) is 33.1. The fraction of sp³-hybridized carbons (Fsp3) is 0.241. The topological polar surface area (TPSA) is 83.4 Å². The molecule has 0 unspecified atom stereocenters. The second-order valence-corrected chi connectivity index (χ2v) is 8.48. The van der Waals surface area contributed by atoms with Crippen molar-refractivity contribution in [3.8, 4) is 11.1 Å². The molecule has 3 heterocycles. The molecule has 0 saturated carbocycles. The molecule has 5 rings (SSSR count). The molecule has 0 spiro atoms. The number of benzene rings is 2. The Morgan fingerprint density at radius 2 is 1.51 bits per heavy atom. The molecule has 188 valence electrons. The van der Waals surface area contributed by atoms with Gasteiger partial charge in [-0.2, -0.15) is 0 Å². The number of ketones is 1. The first-order chi connectivity index (χ1) is 20.9.